The molecule has 114 valence electrons. The first-order valence-corrected chi connectivity index (χ1v) is 8.06. The van der Waals surface area contributed by atoms with Gasteiger partial charge >= 0.3 is 0 Å². The largest absolute Gasteiger partial charge is 0.458 e. The van der Waals surface area contributed by atoms with Gasteiger partial charge in [-0.15, -0.1) is 0 Å². The molecule has 3 unspecified atom stereocenters. The van der Waals surface area contributed by atoms with E-state index >= 15 is 0 Å². The number of furan rings is 1. The molecule has 0 amide bonds. The molecule has 0 radical (unpaired) electrons. The molecule has 1 N–H and O–H groups in total. The second-order valence-electron chi connectivity index (χ2n) is 6.03. The number of para-hydroxylation sites is 1. The van der Waals surface area contributed by atoms with Gasteiger partial charge in [-0.2, -0.15) is 0 Å². The molecular weight excluding hydrogens is 264 g/mol. The van der Waals surface area contributed by atoms with Crippen molar-refractivity contribution in [1.82, 2.24) is 0 Å². The normalized spacial score (nSPS) is 24.3. The molecule has 1 aromatic heterocycles. The molecule has 1 aliphatic carbocycles. The standard InChI is InChI=1S/C18H24O3/c1-2-13-7-3-5-9-16(13)20-12-15(19)18-11-14-8-4-6-10-17(14)21-18/h4,6,8,10-11,13,15-16,19H,2-3,5,7,9,12H2,1H3. The summed E-state index contributed by atoms with van der Waals surface area (Å²) in [7, 11) is 0. The summed E-state index contributed by atoms with van der Waals surface area (Å²) in [5.74, 6) is 1.24. The second kappa shape index (κ2) is 6.63. The third-order valence-corrected chi connectivity index (χ3v) is 4.60. The van der Waals surface area contributed by atoms with Gasteiger partial charge in [-0.25, -0.2) is 0 Å². The number of hydrogen-bond donors (Lipinski definition) is 1. The minimum atomic E-state index is -0.683. The summed E-state index contributed by atoms with van der Waals surface area (Å²) in [6.07, 6.45) is 5.69. The van der Waals surface area contributed by atoms with Crippen LogP contribution in [0.5, 0.6) is 0 Å². The maximum atomic E-state index is 10.3. The maximum Gasteiger partial charge on any atom is 0.136 e. The number of fused-ring (bicyclic) bond motifs is 1. The molecule has 1 aromatic carbocycles. The molecule has 3 rings (SSSR count). The average Bonchev–Trinajstić information content (AvgIpc) is 2.97. The van der Waals surface area contributed by atoms with Gasteiger partial charge in [-0.1, -0.05) is 44.4 Å². The van der Waals surface area contributed by atoms with Crippen LogP contribution in [0.2, 0.25) is 0 Å². The zero-order valence-corrected chi connectivity index (χ0v) is 12.6. The van der Waals surface area contributed by atoms with Crippen LogP contribution in [-0.2, 0) is 4.74 Å². The first-order valence-electron chi connectivity index (χ1n) is 8.06. The second-order valence-corrected chi connectivity index (χ2v) is 6.03. The molecule has 21 heavy (non-hydrogen) atoms. The minimum Gasteiger partial charge on any atom is -0.458 e. The summed E-state index contributed by atoms with van der Waals surface area (Å²) in [6, 6.07) is 9.72. The molecular formula is C18H24O3. The van der Waals surface area contributed by atoms with E-state index in [1.165, 1.54) is 19.3 Å². The van der Waals surface area contributed by atoms with Gasteiger partial charge in [0.1, 0.15) is 17.4 Å². The van der Waals surface area contributed by atoms with E-state index in [0.717, 1.165) is 23.8 Å². The van der Waals surface area contributed by atoms with Gasteiger partial charge in [0, 0.05) is 5.39 Å². The van der Waals surface area contributed by atoms with E-state index in [9.17, 15) is 5.11 Å². The number of aliphatic hydroxyl groups excluding tert-OH is 1. The van der Waals surface area contributed by atoms with Crippen LogP contribution in [0.25, 0.3) is 11.0 Å². The number of benzene rings is 1. The van der Waals surface area contributed by atoms with Crippen molar-refractivity contribution in [1.29, 1.82) is 0 Å². The molecule has 1 saturated carbocycles. The van der Waals surface area contributed by atoms with Gasteiger partial charge in [-0.05, 0) is 30.9 Å². The van der Waals surface area contributed by atoms with Crippen molar-refractivity contribution in [2.45, 2.75) is 51.2 Å². The van der Waals surface area contributed by atoms with E-state index in [0.29, 0.717) is 24.4 Å². The van der Waals surface area contributed by atoms with Gasteiger partial charge < -0.3 is 14.3 Å². The summed E-state index contributed by atoms with van der Waals surface area (Å²) < 4.78 is 11.7. The Morgan fingerprint density at radius 2 is 2.10 bits per heavy atom. The molecule has 1 heterocycles. The fraction of sp³-hybridized carbons (Fsp3) is 0.556. The van der Waals surface area contributed by atoms with Crippen molar-refractivity contribution >= 4 is 11.0 Å². The van der Waals surface area contributed by atoms with Crippen LogP contribution in [0.3, 0.4) is 0 Å². The lowest BCUT2D eigenvalue weighted by Gasteiger charge is -2.31. The molecule has 0 bridgehead atoms. The average molecular weight is 288 g/mol. The lowest BCUT2D eigenvalue weighted by molar-refractivity contribution is -0.0557. The van der Waals surface area contributed by atoms with Gasteiger partial charge in [-0.3, -0.25) is 0 Å². The van der Waals surface area contributed by atoms with E-state index in [1.807, 2.05) is 30.3 Å². The zero-order chi connectivity index (χ0) is 14.7. The Labute approximate surface area is 125 Å². The van der Waals surface area contributed by atoms with Crippen LogP contribution >= 0.6 is 0 Å². The summed E-state index contributed by atoms with van der Waals surface area (Å²) in [5, 5.41) is 11.3. The molecule has 1 aliphatic rings. The van der Waals surface area contributed by atoms with Crippen LogP contribution < -0.4 is 0 Å². The number of hydrogen-bond acceptors (Lipinski definition) is 3. The topological polar surface area (TPSA) is 42.6 Å². The molecule has 3 atom stereocenters. The quantitative estimate of drug-likeness (QED) is 0.883. The summed E-state index contributed by atoms with van der Waals surface area (Å²) >= 11 is 0. The van der Waals surface area contributed by atoms with Crippen molar-refractivity contribution < 1.29 is 14.3 Å². The molecule has 3 heteroatoms. The summed E-state index contributed by atoms with van der Waals surface area (Å²) in [4.78, 5) is 0. The number of rotatable bonds is 5. The van der Waals surface area contributed by atoms with Crippen LogP contribution in [0, 0.1) is 5.92 Å². The smallest absolute Gasteiger partial charge is 0.136 e. The monoisotopic (exact) mass is 288 g/mol. The van der Waals surface area contributed by atoms with Gasteiger partial charge in [0.15, 0.2) is 0 Å². The first kappa shape index (κ1) is 14.6. The van der Waals surface area contributed by atoms with E-state index in [2.05, 4.69) is 6.92 Å². The van der Waals surface area contributed by atoms with Crippen molar-refractivity contribution in [3.05, 3.63) is 36.1 Å². The molecule has 1 fully saturated rings. The Morgan fingerprint density at radius 3 is 2.90 bits per heavy atom. The Morgan fingerprint density at radius 1 is 1.29 bits per heavy atom. The fourth-order valence-electron chi connectivity index (χ4n) is 3.32. The lowest BCUT2D eigenvalue weighted by Crippen LogP contribution is -2.28. The Kier molecular flexibility index (Phi) is 4.61. The number of aliphatic hydroxyl groups is 1. The van der Waals surface area contributed by atoms with Crippen LogP contribution in [-0.4, -0.2) is 17.8 Å². The maximum absolute atomic E-state index is 10.3. The van der Waals surface area contributed by atoms with E-state index in [1.54, 1.807) is 0 Å². The highest BCUT2D eigenvalue weighted by Crippen LogP contribution is 2.30. The van der Waals surface area contributed by atoms with Crippen molar-refractivity contribution in [2.24, 2.45) is 5.92 Å². The third-order valence-electron chi connectivity index (χ3n) is 4.60. The molecule has 0 aliphatic heterocycles. The van der Waals surface area contributed by atoms with E-state index in [4.69, 9.17) is 9.15 Å². The highest BCUT2D eigenvalue weighted by molar-refractivity contribution is 5.77. The summed E-state index contributed by atoms with van der Waals surface area (Å²) in [6.45, 7) is 2.54. The van der Waals surface area contributed by atoms with Gasteiger partial charge in [0.05, 0.1) is 12.7 Å². The predicted octanol–water partition coefficient (Wildman–Crippen LogP) is 4.45. The van der Waals surface area contributed by atoms with Gasteiger partial charge in [0.2, 0.25) is 0 Å². The SMILES string of the molecule is CCC1CCCCC1OCC(O)c1cc2ccccc2o1. The van der Waals surface area contributed by atoms with Crippen molar-refractivity contribution in [3.8, 4) is 0 Å². The molecule has 2 aromatic rings. The number of ether oxygens (including phenoxy) is 1. The molecule has 0 saturated heterocycles. The highest BCUT2D eigenvalue weighted by atomic mass is 16.5. The van der Waals surface area contributed by atoms with Gasteiger partial charge in [0.25, 0.3) is 0 Å². The van der Waals surface area contributed by atoms with E-state index < -0.39 is 6.10 Å². The van der Waals surface area contributed by atoms with Crippen molar-refractivity contribution in [2.75, 3.05) is 6.61 Å². The zero-order valence-electron chi connectivity index (χ0n) is 12.6. The molecule has 3 nitrogen and oxygen atoms in total. The van der Waals surface area contributed by atoms with Crippen molar-refractivity contribution in [3.63, 3.8) is 0 Å². The Bertz CT molecular complexity index is 542. The van der Waals surface area contributed by atoms with Crippen LogP contribution in [0.15, 0.2) is 34.7 Å². The Hall–Kier alpha value is -1.32. The highest BCUT2D eigenvalue weighted by Gasteiger charge is 2.25. The predicted molar refractivity (Wildman–Crippen MR) is 83.2 cm³/mol. The van der Waals surface area contributed by atoms with Crippen LogP contribution in [0.1, 0.15) is 50.9 Å². The lowest BCUT2D eigenvalue weighted by atomic mass is 9.85. The third kappa shape index (κ3) is 3.30. The Balaban J connectivity index is 1.61. The molecule has 0 spiro atoms. The fourth-order valence-corrected chi connectivity index (χ4v) is 3.32. The first-order chi connectivity index (χ1) is 10.3. The summed E-state index contributed by atoms with van der Waals surface area (Å²) in [5.41, 5.74) is 0.815. The minimum absolute atomic E-state index is 0.294. The van der Waals surface area contributed by atoms with Crippen LogP contribution in [0.4, 0.5) is 0 Å². The van der Waals surface area contributed by atoms with E-state index in [-0.39, 0.29) is 0 Å².